The highest BCUT2D eigenvalue weighted by Crippen LogP contribution is 2.21. The Hall–Kier alpha value is -1.42. The van der Waals surface area contributed by atoms with Gasteiger partial charge in [-0.1, -0.05) is 25.8 Å². The lowest BCUT2D eigenvalue weighted by molar-refractivity contribution is 0.126. The molecule has 0 unspecified atom stereocenters. The first-order valence-electron chi connectivity index (χ1n) is 7.71. The van der Waals surface area contributed by atoms with Gasteiger partial charge in [0.2, 0.25) is 0 Å². The Kier molecular flexibility index (Phi) is 5.99. The zero-order valence-electron chi connectivity index (χ0n) is 12.3. The monoisotopic (exact) mass is 275 g/mol. The Bertz CT molecular complexity index is 425. The van der Waals surface area contributed by atoms with Gasteiger partial charge < -0.3 is 10.4 Å². The molecular weight excluding hydrogens is 250 g/mol. The molecule has 0 amide bonds. The molecule has 0 saturated heterocycles. The van der Waals surface area contributed by atoms with Crippen LogP contribution in [-0.2, 0) is 0 Å². The molecule has 0 bridgehead atoms. The summed E-state index contributed by atoms with van der Waals surface area (Å²) in [4.78, 5) is 8.80. The largest absolute Gasteiger partial charge is 0.393 e. The summed E-state index contributed by atoms with van der Waals surface area (Å²) < 4.78 is 0. The molecule has 2 N–H and O–H groups in total. The average Bonchev–Trinajstić information content (AvgIpc) is 2.47. The van der Waals surface area contributed by atoms with Crippen LogP contribution in [0.15, 0.2) is 18.5 Å². The van der Waals surface area contributed by atoms with Crippen LogP contribution in [0.2, 0.25) is 0 Å². The zero-order chi connectivity index (χ0) is 14.2. The van der Waals surface area contributed by atoms with Crippen LogP contribution in [0.5, 0.6) is 0 Å². The van der Waals surface area contributed by atoms with E-state index in [1.807, 2.05) is 6.08 Å². The van der Waals surface area contributed by atoms with E-state index in [0.29, 0.717) is 6.04 Å². The first-order chi connectivity index (χ1) is 9.78. The molecule has 1 aromatic rings. The Morgan fingerprint density at radius 2 is 2.10 bits per heavy atom. The second kappa shape index (κ2) is 8.00. The van der Waals surface area contributed by atoms with E-state index in [1.54, 1.807) is 12.4 Å². The summed E-state index contributed by atoms with van der Waals surface area (Å²) in [6.45, 7) is 2.19. The Morgan fingerprint density at radius 3 is 2.85 bits per heavy atom. The lowest BCUT2D eigenvalue weighted by Crippen LogP contribution is -2.28. The fourth-order valence-electron chi connectivity index (χ4n) is 2.49. The molecule has 0 radical (unpaired) electrons. The molecule has 4 nitrogen and oxygen atoms in total. The lowest BCUT2D eigenvalue weighted by atomic mass is 9.93. The first-order valence-corrected chi connectivity index (χ1v) is 7.71. The normalized spacial score (nSPS) is 23.1. The van der Waals surface area contributed by atoms with Gasteiger partial charge in [-0.2, -0.15) is 0 Å². The van der Waals surface area contributed by atoms with Crippen molar-refractivity contribution in [2.45, 2.75) is 64.0 Å². The summed E-state index contributed by atoms with van der Waals surface area (Å²) in [5.74, 6) is 0.837. The van der Waals surface area contributed by atoms with Gasteiger partial charge in [-0.25, -0.2) is 4.98 Å². The van der Waals surface area contributed by atoms with Gasteiger partial charge in [-0.3, -0.25) is 4.98 Å². The number of aliphatic hydroxyl groups is 1. The van der Waals surface area contributed by atoms with Crippen molar-refractivity contribution in [2.24, 2.45) is 0 Å². The highest BCUT2D eigenvalue weighted by molar-refractivity contribution is 5.46. The van der Waals surface area contributed by atoms with E-state index in [1.165, 1.54) is 12.8 Å². The minimum atomic E-state index is -0.119. The topological polar surface area (TPSA) is 58.0 Å². The van der Waals surface area contributed by atoms with Crippen molar-refractivity contribution >= 4 is 11.9 Å². The van der Waals surface area contributed by atoms with Gasteiger partial charge in [0.05, 0.1) is 24.2 Å². The van der Waals surface area contributed by atoms with Crippen molar-refractivity contribution in [1.29, 1.82) is 0 Å². The number of aromatic nitrogens is 2. The van der Waals surface area contributed by atoms with Gasteiger partial charge in [0, 0.05) is 6.04 Å². The van der Waals surface area contributed by atoms with Gasteiger partial charge in [0.25, 0.3) is 0 Å². The molecule has 0 spiro atoms. The SMILES string of the molecule is CCCC/C=C/c1cncc(NC2CCC(O)CC2)n1. The molecule has 4 heteroatoms. The molecule has 0 atom stereocenters. The van der Waals surface area contributed by atoms with Gasteiger partial charge in [0.1, 0.15) is 5.82 Å². The fourth-order valence-corrected chi connectivity index (χ4v) is 2.49. The number of rotatable bonds is 6. The summed E-state index contributed by atoms with van der Waals surface area (Å²) in [6, 6.07) is 0.409. The number of nitrogens with one attached hydrogen (secondary N) is 1. The smallest absolute Gasteiger partial charge is 0.145 e. The molecule has 1 aromatic heterocycles. The van der Waals surface area contributed by atoms with E-state index in [-0.39, 0.29) is 6.10 Å². The van der Waals surface area contributed by atoms with Crippen molar-refractivity contribution in [2.75, 3.05) is 5.32 Å². The zero-order valence-corrected chi connectivity index (χ0v) is 12.3. The number of allylic oxidation sites excluding steroid dienone is 1. The number of unbranched alkanes of at least 4 members (excludes halogenated alkanes) is 2. The van der Waals surface area contributed by atoms with Crippen LogP contribution < -0.4 is 5.32 Å². The molecule has 0 aromatic carbocycles. The summed E-state index contributed by atoms with van der Waals surface area (Å²) in [5.41, 5.74) is 0.905. The summed E-state index contributed by atoms with van der Waals surface area (Å²) in [5, 5.41) is 12.9. The first kappa shape index (κ1) is 15.0. The highest BCUT2D eigenvalue weighted by atomic mass is 16.3. The molecule has 1 fully saturated rings. The third-order valence-electron chi connectivity index (χ3n) is 3.71. The molecule has 1 heterocycles. The molecule has 1 aliphatic carbocycles. The molecule has 0 aliphatic heterocycles. The third-order valence-corrected chi connectivity index (χ3v) is 3.71. The summed E-state index contributed by atoms with van der Waals surface area (Å²) >= 11 is 0. The number of anilines is 1. The Labute approximate surface area is 121 Å². The minimum absolute atomic E-state index is 0.119. The second-order valence-electron chi connectivity index (χ2n) is 5.52. The number of hydrogen-bond acceptors (Lipinski definition) is 4. The van der Waals surface area contributed by atoms with Crippen molar-refractivity contribution < 1.29 is 5.11 Å². The number of nitrogens with zero attached hydrogens (tertiary/aromatic N) is 2. The predicted molar refractivity (Wildman–Crippen MR) is 82.5 cm³/mol. The molecule has 1 saturated carbocycles. The van der Waals surface area contributed by atoms with E-state index in [0.717, 1.165) is 43.6 Å². The molecular formula is C16H25N3O. The van der Waals surface area contributed by atoms with Gasteiger partial charge in [0.15, 0.2) is 0 Å². The van der Waals surface area contributed by atoms with Crippen molar-refractivity contribution in [1.82, 2.24) is 9.97 Å². The minimum Gasteiger partial charge on any atom is -0.393 e. The Morgan fingerprint density at radius 1 is 1.30 bits per heavy atom. The van der Waals surface area contributed by atoms with Crippen LogP contribution in [0.3, 0.4) is 0 Å². The van der Waals surface area contributed by atoms with Crippen LogP contribution >= 0.6 is 0 Å². The van der Waals surface area contributed by atoms with Gasteiger partial charge in [-0.05, 0) is 38.2 Å². The summed E-state index contributed by atoms with van der Waals surface area (Å²) in [6.07, 6.45) is 14.9. The quantitative estimate of drug-likeness (QED) is 0.781. The average molecular weight is 275 g/mol. The molecule has 2 rings (SSSR count). The van der Waals surface area contributed by atoms with E-state index in [9.17, 15) is 5.11 Å². The van der Waals surface area contributed by atoms with Crippen molar-refractivity contribution in [3.63, 3.8) is 0 Å². The van der Waals surface area contributed by atoms with Crippen LogP contribution in [-0.4, -0.2) is 27.2 Å². The van der Waals surface area contributed by atoms with Crippen molar-refractivity contribution in [3.05, 3.63) is 24.2 Å². The van der Waals surface area contributed by atoms with Gasteiger partial charge in [-0.15, -0.1) is 0 Å². The van der Waals surface area contributed by atoms with E-state index in [4.69, 9.17) is 0 Å². The van der Waals surface area contributed by atoms with Crippen LogP contribution in [0, 0.1) is 0 Å². The summed E-state index contributed by atoms with van der Waals surface area (Å²) in [7, 11) is 0. The lowest BCUT2D eigenvalue weighted by Gasteiger charge is -2.26. The predicted octanol–water partition coefficient (Wildman–Crippen LogP) is 3.40. The van der Waals surface area contributed by atoms with Crippen LogP contribution in [0.25, 0.3) is 6.08 Å². The molecule has 110 valence electrons. The second-order valence-corrected chi connectivity index (χ2v) is 5.52. The maximum atomic E-state index is 9.51. The maximum absolute atomic E-state index is 9.51. The Balaban J connectivity index is 1.87. The van der Waals surface area contributed by atoms with E-state index >= 15 is 0 Å². The van der Waals surface area contributed by atoms with E-state index < -0.39 is 0 Å². The van der Waals surface area contributed by atoms with Crippen LogP contribution in [0.1, 0.15) is 57.6 Å². The number of aliphatic hydroxyl groups excluding tert-OH is 1. The molecule has 1 aliphatic rings. The van der Waals surface area contributed by atoms with Gasteiger partial charge >= 0.3 is 0 Å². The number of hydrogen-bond donors (Lipinski definition) is 2. The molecule has 20 heavy (non-hydrogen) atoms. The fraction of sp³-hybridized carbons (Fsp3) is 0.625. The highest BCUT2D eigenvalue weighted by Gasteiger charge is 2.19. The third kappa shape index (κ3) is 4.93. The van der Waals surface area contributed by atoms with Crippen LogP contribution in [0.4, 0.5) is 5.82 Å². The standard InChI is InChI=1S/C16H25N3O/c1-2-3-4-5-6-14-11-17-12-16(19-14)18-13-7-9-15(20)10-8-13/h5-6,11-13,15,20H,2-4,7-10H2,1H3,(H,18,19)/b6-5+. The van der Waals surface area contributed by atoms with E-state index in [2.05, 4.69) is 28.3 Å². The maximum Gasteiger partial charge on any atom is 0.145 e. The van der Waals surface area contributed by atoms with Crippen molar-refractivity contribution in [3.8, 4) is 0 Å².